The molecule has 0 amide bonds. The third-order valence-corrected chi connectivity index (χ3v) is 5.41. The molecule has 116 valence electrons. The summed E-state index contributed by atoms with van der Waals surface area (Å²) in [6.07, 6.45) is 9.45. The third-order valence-electron chi connectivity index (χ3n) is 5.41. The van der Waals surface area contributed by atoms with Crippen LogP contribution in [0.15, 0.2) is 18.9 Å². The molecule has 1 saturated carbocycles. The van der Waals surface area contributed by atoms with Crippen molar-refractivity contribution in [2.75, 3.05) is 13.1 Å². The van der Waals surface area contributed by atoms with Gasteiger partial charge < -0.3 is 5.11 Å². The molecule has 3 rings (SSSR count). The molecule has 0 radical (unpaired) electrons. The number of piperidine rings is 1. The van der Waals surface area contributed by atoms with Crippen molar-refractivity contribution in [2.45, 2.75) is 57.7 Å². The Balaban J connectivity index is 1.65. The van der Waals surface area contributed by atoms with Gasteiger partial charge in [-0.2, -0.15) is 5.10 Å². The van der Waals surface area contributed by atoms with Crippen LogP contribution in [-0.2, 0) is 13.1 Å². The highest BCUT2D eigenvalue weighted by Crippen LogP contribution is 2.40. The molecule has 0 spiro atoms. The van der Waals surface area contributed by atoms with Crippen molar-refractivity contribution in [3.05, 3.63) is 30.1 Å². The molecule has 21 heavy (non-hydrogen) atoms. The molecule has 1 aromatic rings. The molecule has 2 atom stereocenters. The Morgan fingerprint density at radius 1 is 1.48 bits per heavy atom. The van der Waals surface area contributed by atoms with Gasteiger partial charge in [0.2, 0.25) is 0 Å². The van der Waals surface area contributed by atoms with Crippen molar-refractivity contribution in [1.29, 1.82) is 0 Å². The van der Waals surface area contributed by atoms with E-state index in [-0.39, 0.29) is 5.60 Å². The van der Waals surface area contributed by atoms with Crippen LogP contribution in [0.2, 0.25) is 0 Å². The lowest BCUT2D eigenvalue weighted by molar-refractivity contribution is -0.0968. The standard InChI is InChI=1S/C17H27N3O/c1-3-9-20-14(2)15(11-18-20)12-19-10-8-17(21)7-5-4-6-16(17)13-19/h3,11,16,21H,1,4-10,12-13H2,2H3/t16-,17-/m0/s1. The van der Waals surface area contributed by atoms with E-state index in [9.17, 15) is 5.11 Å². The lowest BCUT2D eigenvalue weighted by Gasteiger charge is -2.47. The Morgan fingerprint density at radius 3 is 3.14 bits per heavy atom. The number of aliphatic hydroxyl groups is 1. The Labute approximate surface area is 127 Å². The largest absolute Gasteiger partial charge is 0.390 e. The van der Waals surface area contributed by atoms with E-state index in [0.717, 1.165) is 39.0 Å². The maximum atomic E-state index is 10.7. The number of allylic oxidation sites excluding steroid dienone is 1. The quantitative estimate of drug-likeness (QED) is 0.866. The fourth-order valence-corrected chi connectivity index (χ4v) is 3.97. The summed E-state index contributed by atoms with van der Waals surface area (Å²) in [5.41, 5.74) is 2.16. The summed E-state index contributed by atoms with van der Waals surface area (Å²) in [7, 11) is 0. The van der Waals surface area contributed by atoms with Crippen LogP contribution in [0.5, 0.6) is 0 Å². The molecular weight excluding hydrogens is 262 g/mol. The van der Waals surface area contributed by atoms with Gasteiger partial charge in [0.15, 0.2) is 0 Å². The van der Waals surface area contributed by atoms with Crippen LogP contribution in [0.4, 0.5) is 0 Å². The number of hydrogen-bond acceptors (Lipinski definition) is 3. The molecule has 1 aliphatic heterocycles. The van der Waals surface area contributed by atoms with Crippen molar-refractivity contribution in [1.82, 2.24) is 14.7 Å². The first-order valence-corrected chi connectivity index (χ1v) is 8.19. The number of aromatic nitrogens is 2. The topological polar surface area (TPSA) is 41.3 Å². The second-order valence-electron chi connectivity index (χ2n) is 6.76. The van der Waals surface area contributed by atoms with Gasteiger partial charge in [-0.05, 0) is 26.2 Å². The summed E-state index contributed by atoms with van der Waals surface area (Å²) in [5, 5.41) is 15.2. The van der Waals surface area contributed by atoms with Crippen molar-refractivity contribution >= 4 is 0 Å². The average molecular weight is 289 g/mol. The maximum Gasteiger partial charge on any atom is 0.0700 e. The van der Waals surface area contributed by atoms with Gasteiger partial charge in [0.05, 0.1) is 18.3 Å². The monoisotopic (exact) mass is 289 g/mol. The molecule has 4 nitrogen and oxygen atoms in total. The number of rotatable bonds is 4. The van der Waals surface area contributed by atoms with Crippen molar-refractivity contribution in [2.24, 2.45) is 5.92 Å². The molecule has 2 fully saturated rings. The fourth-order valence-electron chi connectivity index (χ4n) is 3.97. The van der Waals surface area contributed by atoms with E-state index in [4.69, 9.17) is 0 Å². The zero-order valence-corrected chi connectivity index (χ0v) is 13.1. The predicted molar refractivity (Wildman–Crippen MR) is 84.0 cm³/mol. The summed E-state index contributed by atoms with van der Waals surface area (Å²) >= 11 is 0. The van der Waals surface area contributed by atoms with Gasteiger partial charge >= 0.3 is 0 Å². The van der Waals surface area contributed by atoms with Gasteiger partial charge in [0, 0.05) is 36.8 Å². The minimum atomic E-state index is -0.378. The van der Waals surface area contributed by atoms with Crippen molar-refractivity contribution in [3.8, 4) is 0 Å². The van der Waals surface area contributed by atoms with Gasteiger partial charge in [-0.15, -0.1) is 6.58 Å². The van der Waals surface area contributed by atoms with E-state index in [2.05, 4.69) is 23.5 Å². The zero-order chi connectivity index (χ0) is 14.9. The number of nitrogens with zero attached hydrogens (tertiary/aromatic N) is 3. The van der Waals surface area contributed by atoms with Crippen LogP contribution in [0, 0.1) is 12.8 Å². The van der Waals surface area contributed by atoms with Crippen molar-refractivity contribution in [3.63, 3.8) is 0 Å². The van der Waals surface area contributed by atoms with Crippen LogP contribution in [0.25, 0.3) is 0 Å². The van der Waals surface area contributed by atoms with E-state index in [1.807, 2.05) is 17.0 Å². The minimum absolute atomic E-state index is 0.378. The van der Waals surface area contributed by atoms with Crippen LogP contribution in [-0.4, -0.2) is 38.5 Å². The van der Waals surface area contributed by atoms with E-state index < -0.39 is 0 Å². The summed E-state index contributed by atoms with van der Waals surface area (Å²) in [5.74, 6) is 0.462. The molecule has 0 unspecified atom stereocenters. The van der Waals surface area contributed by atoms with E-state index in [1.165, 1.54) is 30.5 Å². The van der Waals surface area contributed by atoms with Gasteiger partial charge in [-0.3, -0.25) is 9.58 Å². The molecule has 0 aromatic carbocycles. The second-order valence-corrected chi connectivity index (χ2v) is 6.76. The van der Waals surface area contributed by atoms with Crippen LogP contribution < -0.4 is 0 Å². The van der Waals surface area contributed by atoms with Gasteiger partial charge in [-0.1, -0.05) is 18.9 Å². The Morgan fingerprint density at radius 2 is 2.33 bits per heavy atom. The highest BCUT2D eigenvalue weighted by molar-refractivity contribution is 5.16. The van der Waals surface area contributed by atoms with Crippen LogP contribution >= 0.6 is 0 Å². The second kappa shape index (κ2) is 5.93. The fraction of sp³-hybridized carbons (Fsp3) is 0.706. The first kappa shape index (κ1) is 14.8. The zero-order valence-electron chi connectivity index (χ0n) is 13.1. The van der Waals surface area contributed by atoms with E-state index >= 15 is 0 Å². The SMILES string of the molecule is C=CCn1ncc(CN2CC[C@@]3(O)CCCC[C@H]3C2)c1C. The molecule has 1 aliphatic carbocycles. The number of fused-ring (bicyclic) bond motifs is 1. The van der Waals surface area contributed by atoms with Crippen LogP contribution in [0.3, 0.4) is 0 Å². The summed E-state index contributed by atoms with van der Waals surface area (Å²) in [4.78, 5) is 2.49. The Kier molecular flexibility index (Phi) is 4.18. The lowest BCUT2D eigenvalue weighted by atomic mass is 9.71. The van der Waals surface area contributed by atoms with Crippen molar-refractivity contribution < 1.29 is 5.11 Å². The molecule has 2 aliphatic rings. The Bertz CT molecular complexity index is 510. The van der Waals surface area contributed by atoms with Gasteiger partial charge in [-0.25, -0.2) is 0 Å². The highest BCUT2D eigenvalue weighted by Gasteiger charge is 2.42. The average Bonchev–Trinajstić information content (AvgIpc) is 2.81. The van der Waals surface area contributed by atoms with E-state index in [0.29, 0.717) is 5.92 Å². The maximum absolute atomic E-state index is 10.7. The summed E-state index contributed by atoms with van der Waals surface area (Å²) in [6.45, 7) is 9.66. The smallest absolute Gasteiger partial charge is 0.0700 e. The number of hydrogen-bond donors (Lipinski definition) is 1. The molecule has 0 bridgehead atoms. The normalized spacial score (nSPS) is 30.1. The summed E-state index contributed by atoms with van der Waals surface area (Å²) in [6, 6.07) is 0. The Hall–Kier alpha value is -1.13. The molecule has 1 N–H and O–H groups in total. The lowest BCUT2D eigenvalue weighted by Crippen LogP contribution is -2.52. The van der Waals surface area contributed by atoms with Crippen LogP contribution in [0.1, 0.15) is 43.4 Å². The first-order valence-electron chi connectivity index (χ1n) is 8.19. The molecule has 4 heteroatoms. The van der Waals surface area contributed by atoms with Gasteiger partial charge in [0.25, 0.3) is 0 Å². The number of likely N-dealkylation sites (tertiary alicyclic amines) is 1. The molecular formula is C17H27N3O. The third kappa shape index (κ3) is 2.92. The van der Waals surface area contributed by atoms with E-state index in [1.54, 1.807) is 0 Å². The van der Waals surface area contributed by atoms with Gasteiger partial charge in [0.1, 0.15) is 0 Å². The molecule has 2 heterocycles. The molecule has 1 saturated heterocycles. The first-order chi connectivity index (χ1) is 10.1. The molecule has 1 aromatic heterocycles. The highest BCUT2D eigenvalue weighted by atomic mass is 16.3. The summed E-state index contributed by atoms with van der Waals surface area (Å²) < 4.78 is 2.00. The predicted octanol–water partition coefficient (Wildman–Crippen LogP) is 2.50. The minimum Gasteiger partial charge on any atom is -0.390 e.